The highest BCUT2D eigenvalue weighted by Crippen LogP contribution is 2.58. The average Bonchev–Trinajstić information content (AvgIpc) is 3.36. The van der Waals surface area contributed by atoms with Gasteiger partial charge in [0.25, 0.3) is 5.91 Å². The molecule has 4 atom stereocenters. The van der Waals surface area contributed by atoms with Crippen LogP contribution in [0.5, 0.6) is 5.75 Å². The second-order valence-corrected chi connectivity index (χ2v) is 12.9. The number of nitrogens with zero attached hydrogens (tertiary/aromatic N) is 3. The first-order valence-electron chi connectivity index (χ1n) is 10.6. The molecule has 1 spiro atoms. The molecule has 10 heteroatoms. The molecule has 0 radical (unpaired) electrons. The molecular formula is C21H30N4O5Si. The van der Waals surface area contributed by atoms with Gasteiger partial charge in [0.15, 0.2) is 13.9 Å². The summed E-state index contributed by atoms with van der Waals surface area (Å²) in [6, 6.07) is 5.50. The molecule has 3 heterocycles. The monoisotopic (exact) mass is 446 g/mol. The first-order chi connectivity index (χ1) is 14.7. The molecule has 31 heavy (non-hydrogen) atoms. The van der Waals surface area contributed by atoms with Crippen LogP contribution < -0.4 is 10.1 Å². The molecule has 0 unspecified atom stereocenters. The van der Waals surface area contributed by atoms with Gasteiger partial charge in [0.1, 0.15) is 5.75 Å². The van der Waals surface area contributed by atoms with Crippen molar-refractivity contribution >= 4 is 19.9 Å². The molecule has 1 amide bonds. The highest BCUT2D eigenvalue weighted by molar-refractivity contribution is 6.71. The third-order valence-corrected chi connectivity index (χ3v) is 9.05. The Labute approximate surface area is 182 Å². The zero-order chi connectivity index (χ0) is 22.4. The molecule has 168 valence electrons. The van der Waals surface area contributed by atoms with Crippen LogP contribution in [0.3, 0.4) is 0 Å². The fourth-order valence-corrected chi connectivity index (χ4v) is 7.81. The Balaban J connectivity index is 1.65. The summed E-state index contributed by atoms with van der Waals surface area (Å²) >= 11 is 0. The largest absolute Gasteiger partial charge is 0.497 e. The Hall–Kier alpha value is -2.27. The molecule has 2 aromatic rings. The highest BCUT2D eigenvalue weighted by Gasteiger charge is 2.64. The van der Waals surface area contributed by atoms with E-state index in [2.05, 4.69) is 15.6 Å². The van der Waals surface area contributed by atoms with Crippen molar-refractivity contribution < 1.29 is 24.2 Å². The van der Waals surface area contributed by atoms with E-state index in [1.54, 1.807) is 11.8 Å². The number of aryl methyl sites for hydroxylation is 1. The molecule has 2 aliphatic rings. The molecular weight excluding hydrogens is 416 g/mol. The smallest absolute Gasteiger partial charge is 0.261 e. The second kappa shape index (κ2) is 8.01. The zero-order valence-corrected chi connectivity index (χ0v) is 19.3. The number of aliphatic hydroxyl groups is 1. The van der Waals surface area contributed by atoms with E-state index in [9.17, 15) is 9.59 Å². The number of hydrogen-bond acceptors (Lipinski definition) is 7. The number of ether oxygens (including phenoxy) is 2. The number of fused-ring (bicyclic) bond motifs is 2. The number of anilines is 1. The van der Waals surface area contributed by atoms with Crippen LogP contribution in [-0.4, -0.2) is 58.9 Å². The van der Waals surface area contributed by atoms with Crippen LogP contribution in [-0.2, 0) is 28.1 Å². The van der Waals surface area contributed by atoms with E-state index in [-0.39, 0.29) is 30.1 Å². The number of aliphatic hydroxyl groups excluding tert-OH is 1. The lowest BCUT2D eigenvalue weighted by molar-refractivity contribution is -0.143. The van der Waals surface area contributed by atoms with Crippen LogP contribution in [0.1, 0.15) is 24.6 Å². The van der Waals surface area contributed by atoms with Crippen molar-refractivity contribution in [1.82, 2.24) is 15.0 Å². The lowest BCUT2D eigenvalue weighted by Crippen LogP contribution is -2.43. The number of carbonyl (C=O) groups is 1. The van der Waals surface area contributed by atoms with Gasteiger partial charge in [-0.1, -0.05) is 12.1 Å². The quantitative estimate of drug-likeness (QED) is 0.554. The molecule has 1 saturated heterocycles. The van der Waals surface area contributed by atoms with Crippen LogP contribution in [0.4, 0.5) is 5.69 Å². The molecule has 1 aromatic carbocycles. The minimum absolute atomic E-state index is 0.0226. The summed E-state index contributed by atoms with van der Waals surface area (Å²) in [6.07, 6.45) is 2.54. The Kier molecular flexibility index (Phi) is 5.67. The van der Waals surface area contributed by atoms with Gasteiger partial charge < -0.3 is 24.7 Å². The molecule has 9 nitrogen and oxygen atoms in total. The van der Waals surface area contributed by atoms with Gasteiger partial charge in [-0.3, -0.25) is 9.48 Å². The van der Waals surface area contributed by atoms with E-state index in [1.165, 1.54) is 0 Å². The van der Waals surface area contributed by atoms with Gasteiger partial charge in [-0.05, 0) is 37.7 Å². The van der Waals surface area contributed by atoms with E-state index in [0.29, 0.717) is 25.1 Å². The van der Waals surface area contributed by atoms with Crippen molar-refractivity contribution in [2.45, 2.75) is 56.7 Å². The molecule has 1 fully saturated rings. The maximum atomic E-state index is 13.2. The molecule has 2 aliphatic heterocycles. The molecule has 4 rings (SSSR count). The van der Waals surface area contributed by atoms with Crippen LogP contribution in [0, 0.1) is 5.92 Å². The predicted octanol–water partition coefficient (Wildman–Crippen LogP) is 1.66. The minimum atomic E-state index is -2.68. The topological polar surface area (TPSA) is 119 Å². The van der Waals surface area contributed by atoms with E-state index in [4.69, 9.17) is 14.6 Å². The third-order valence-electron chi connectivity index (χ3n) is 6.54. The van der Waals surface area contributed by atoms with Crippen LogP contribution >= 0.6 is 0 Å². The summed E-state index contributed by atoms with van der Waals surface area (Å²) in [5, 5.41) is 20.2. The fourth-order valence-electron chi connectivity index (χ4n) is 5.21. The van der Waals surface area contributed by atoms with Gasteiger partial charge in [0.2, 0.25) is 0 Å². The van der Waals surface area contributed by atoms with Crippen molar-refractivity contribution in [2.24, 2.45) is 5.92 Å². The number of carbonyl (C=O) groups excluding carboxylic acids is 1. The Morgan fingerprint density at radius 2 is 2.16 bits per heavy atom. The number of hydrogen-bond donors (Lipinski definition) is 3. The lowest BCUT2D eigenvalue weighted by atomic mass is 9.82. The first kappa shape index (κ1) is 21.9. The Morgan fingerprint density at radius 1 is 1.39 bits per heavy atom. The average molecular weight is 447 g/mol. The zero-order valence-electron chi connectivity index (χ0n) is 18.3. The summed E-state index contributed by atoms with van der Waals surface area (Å²) in [7, 11) is -1.08. The number of amides is 1. The van der Waals surface area contributed by atoms with Crippen LogP contribution in [0.25, 0.3) is 0 Å². The lowest BCUT2D eigenvalue weighted by Gasteiger charge is -2.32. The Bertz CT molecular complexity index is 975. The van der Waals surface area contributed by atoms with Crippen molar-refractivity contribution in [3.05, 3.63) is 35.7 Å². The van der Waals surface area contributed by atoms with Gasteiger partial charge >= 0.3 is 0 Å². The van der Waals surface area contributed by atoms with Gasteiger partial charge in [0, 0.05) is 48.5 Å². The fraction of sp³-hybridized carbons (Fsp3) is 0.571. The maximum Gasteiger partial charge on any atom is 0.261 e. The summed E-state index contributed by atoms with van der Waals surface area (Å²) in [5.74, 6) is 0.253. The van der Waals surface area contributed by atoms with E-state index < -0.39 is 13.9 Å². The number of methoxy groups -OCH3 is 1. The highest BCUT2D eigenvalue weighted by atomic mass is 28.4. The molecule has 1 aromatic heterocycles. The van der Waals surface area contributed by atoms with Crippen molar-refractivity contribution in [3.8, 4) is 5.75 Å². The standard InChI is InChI=1S/C21H30N4O5Si/c1-13-19(31(3,4)28)18(7-9-25-12-14(8-10-26)23-24-25)30-21(13)16-11-15(29-2)5-6-17(16)22-20(21)27/h5-6,11-13,18-19,26,28H,7-10H2,1-4H3,(H,22,27)/t13-,18+,19-,21+/m0/s1. The maximum absolute atomic E-state index is 13.2. The normalized spacial score (nSPS) is 27.5. The second-order valence-electron chi connectivity index (χ2n) is 8.96. The third kappa shape index (κ3) is 3.67. The predicted molar refractivity (Wildman–Crippen MR) is 116 cm³/mol. The van der Waals surface area contributed by atoms with Crippen molar-refractivity contribution in [3.63, 3.8) is 0 Å². The van der Waals surface area contributed by atoms with Crippen molar-refractivity contribution in [2.75, 3.05) is 19.0 Å². The minimum Gasteiger partial charge on any atom is -0.497 e. The van der Waals surface area contributed by atoms with Gasteiger partial charge in [-0.25, -0.2) is 0 Å². The van der Waals surface area contributed by atoms with E-state index >= 15 is 0 Å². The number of benzene rings is 1. The number of rotatable bonds is 7. The molecule has 0 aliphatic carbocycles. The SMILES string of the molecule is COc1ccc2c(c1)[C@@]1(O[C@H](CCn3cc(CCO)nn3)[C@@H]([Si](C)(C)O)[C@@H]1C)C(=O)N2. The number of aromatic nitrogens is 3. The van der Waals surface area contributed by atoms with Gasteiger partial charge in [-0.2, -0.15) is 0 Å². The van der Waals surface area contributed by atoms with E-state index in [1.807, 2.05) is 44.4 Å². The summed E-state index contributed by atoms with van der Waals surface area (Å²) < 4.78 is 13.7. The number of nitrogens with one attached hydrogen (secondary N) is 1. The van der Waals surface area contributed by atoms with Crippen LogP contribution in [0.15, 0.2) is 24.4 Å². The van der Waals surface area contributed by atoms with Crippen molar-refractivity contribution in [1.29, 1.82) is 0 Å². The molecule has 0 saturated carbocycles. The summed E-state index contributed by atoms with van der Waals surface area (Å²) in [4.78, 5) is 24.4. The summed E-state index contributed by atoms with van der Waals surface area (Å²) in [6.45, 7) is 6.36. The first-order valence-corrected chi connectivity index (χ1v) is 13.6. The van der Waals surface area contributed by atoms with E-state index in [0.717, 1.165) is 16.9 Å². The summed E-state index contributed by atoms with van der Waals surface area (Å²) in [5.41, 5.74) is 0.914. The van der Waals surface area contributed by atoms with Gasteiger partial charge in [0.05, 0.1) is 18.9 Å². The Morgan fingerprint density at radius 3 is 2.84 bits per heavy atom. The van der Waals surface area contributed by atoms with Gasteiger partial charge in [-0.15, -0.1) is 5.10 Å². The molecule has 0 bridgehead atoms. The molecule has 3 N–H and O–H groups in total. The van der Waals surface area contributed by atoms with Crippen LogP contribution in [0.2, 0.25) is 18.6 Å².